The minimum Gasteiger partial charge on any atom is -0.497 e. The third-order valence-electron chi connectivity index (χ3n) is 4.19. The molecule has 0 fully saturated rings. The number of aliphatic hydroxyl groups is 1. The molecule has 1 heterocycles. The van der Waals surface area contributed by atoms with Gasteiger partial charge in [0.05, 0.1) is 22.9 Å². The van der Waals surface area contributed by atoms with Crippen LogP contribution < -0.4 is 10.1 Å². The van der Waals surface area contributed by atoms with Gasteiger partial charge in [-0.2, -0.15) is 0 Å². The summed E-state index contributed by atoms with van der Waals surface area (Å²) in [5.74, 6) is 0.571. The van der Waals surface area contributed by atoms with Crippen molar-refractivity contribution in [2.75, 3.05) is 13.7 Å². The highest BCUT2D eigenvalue weighted by Crippen LogP contribution is 2.36. The molecule has 0 bridgehead atoms. The number of hydrogen-bond donors (Lipinski definition) is 2. The summed E-state index contributed by atoms with van der Waals surface area (Å²) in [6.07, 6.45) is 2.40. The molecule has 23 heavy (non-hydrogen) atoms. The Morgan fingerprint density at radius 2 is 2.26 bits per heavy atom. The maximum atomic E-state index is 12.2. The number of benzene rings is 1. The van der Waals surface area contributed by atoms with Crippen LogP contribution in [-0.4, -0.2) is 24.7 Å². The van der Waals surface area contributed by atoms with Gasteiger partial charge in [-0.15, -0.1) is 11.3 Å². The fourth-order valence-electron chi connectivity index (χ4n) is 3.00. The van der Waals surface area contributed by atoms with Crippen LogP contribution in [0.4, 0.5) is 0 Å². The Balaban J connectivity index is 1.76. The fourth-order valence-corrected chi connectivity index (χ4v) is 3.96. The number of carbonyl (C=O) groups is 1. The summed E-state index contributed by atoms with van der Waals surface area (Å²) in [5.41, 5.74) is 0.900. The Hall–Kier alpha value is -1.56. The molecule has 2 N–H and O–H groups in total. The molecule has 1 aliphatic rings. The summed E-state index contributed by atoms with van der Waals surface area (Å²) in [4.78, 5) is 12.7. The standard InChI is InChI=1S/C17H18ClNO3S/c1-22-12-4-5-13-11(9-12)3-2-8-17(13,21)10-19-16(20)14-6-7-15(18)23-14/h4-7,9,21H,2-3,8,10H2,1H3,(H,19,20)/t17-/m1/s1. The van der Waals surface area contributed by atoms with E-state index in [1.165, 1.54) is 11.3 Å². The number of aryl methyl sites for hydroxylation is 1. The van der Waals surface area contributed by atoms with Crippen LogP contribution in [0.2, 0.25) is 4.34 Å². The lowest BCUT2D eigenvalue weighted by molar-refractivity contribution is 0.0189. The van der Waals surface area contributed by atoms with Crippen molar-refractivity contribution in [3.05, 3.63) is 50.7 Å². The molecule has 1 amide bonds. The first-order chi connectivity index (χ1) is 11.0. The number of nitrogens with one attached hydrogen (secondary N) is 1. The van der Waals surface area contributed by atoms with Gasteiger partial charge in [-0.05, 0) is 54.7 Å². The molecule has 0 saturated heterocycles. The first-order valence-corrected chi connectivity index (χ1v) is 8.64. The van der Waals surface area contributed by atoms with E-state index in [-0.39, 0.29) is 12.5 Å². The molecular weight excluding hydrogens is 334 g/mol. The minimum absolute atomic E-state index is 0.181. The SMILES string of the molecule is COc1ccc2c(c1)CCC[C@@]2(O)CNC(=O)c1ccc(Cl)s1. The van der Waals surface area contributed by atoms with E-state index < -0.39 is 5.60 Å². The van der Waals surface area contributed by atoms with E-state index in [2.05, 4.69) is 5.32 Å². The van der Waals surface area contributed by atoms with Gasteiger partial charge in [0.1, 0.15) is 11.4 Å². The lowest BCUT2D eigenvalue weighted by Gasteiger charge is -2.34. The number of ether oxygens (including phenoxy) is 1. The van der Waals surface area contributed by atoms with Crippen LogP contribution in [0.25, 0.3) is 0 Å². The maximum absolute atomic E-state index is 12.2. The Bertz CT molecular complexity index is 730. The van der Waals surface area contributed by atoms with Gasteiger partial charge in [-0.1, -0.05) is 17.7 Å². The highest BCUT2D eigenvalue weighted by molar-refractivity contribution is 7.17. The van der Waals surface area contributed by atoms with Gasteiger partial charge < -0.3 is 15.2 Å². The van der Waals surface area contributed by atoms with Crippen LogP contribution in [0.3, 0.4) is 0 Å². The predicted octanol–water partition coefficient (Wildman–Crippen LogP) is 3.36. The van der Waals surface area contributed by atoms with Crippen molar-refractivity contribution in [3.63, 3.8) is 0 Å². The first kappa shape index (κ1) is 16.3. The molecule has 4 nitrogen and oxygen atoms in total. The van der Waals surface area contributed by atoms with Crippen molar-refractivity contribution < 1.29 is 14.6 Å². The zero-order valence-corrected chi connectivity index (χ0v) is 14.3. The Morgan fingerprint density at radius 3 is 2.96 bits per heavy atom. The van der Waals surface area contributed by atoms with Crippen LogP contribution in [0.15, 0.2) is 30.3 Å². The van der Waals surface area contributed by atoms with Crippen LogP contribution in [-0.2, 0) is 12.0 Å². The minimum atomic E-state index is -1.05. The van der Waals surface area contributed by atoms with Crippen LogP contribution in [0, 0.1) is 0 Å². The topological polar surface area (TPSA) is 58.6 Å². The molecule has 0 aliphatic heterocycles. The number of carbonyl (C=O) groups excluding carboxylic acids is 1. The molecule has 2 aromatic rings. The molecule has 6 heteroatoms. The van der Waals surface area contributed by atoms with Crippen molar-refractivity contribution in [1.29, 1.82) is 0 Å². The van der Waals surface area contributed by atoms with Crippen LogP contribution >= 0.6 is 22.9 Å². The first-order valence-electron chi connectivity index (χ1n) is 7.45. The molecule has 0 radical (unpaired) electrons. The smallest absolute Gasteiger partial charge is 0.261 e. The number of rotatable bonds is 4. The van der Waals surface area contributed by atoms with Gasteiger partial charge in [0.2, 0.25) is 0 Å². The zero-order chi connectivity index (χ0) is 16.4. The van der Waals surface area contributed by atoms with Crippen molar-refractivity contribution in [3.8, 4) is 5.75 Å². The Kier molecular flexibility index (Phi) is 4.62. The summed E-state index contributed by atoms with van der Waals surface area (Å²) in [6, 6.07) is 9.07. The van der Waals surface area contributed by atoms with Crippen molar-refractivity contribution in [1.82, 2.24) is 5.32 Å². The zero-order valence-electron chi connectivity index (χ0n) is 12.8. The average Bonchev–Trinajstić information content (AvgIpc) is 2.99. The molecule has 0 unspecified atom stereocenters. The largest absolute Gasteiger partial charge is 0.497 e. The van der Waals surface area contributed by atoms with E-state index in [0.29, 0.717) is 15.6 Å². The van der Waals surface area contributed by atoms with E-state index in [0.717, 1.165) is 29.7 Å². The van der Waals surface area contributed by atoms with Gasteiger partial charge in [0.25, 0.3) is 5.91 Å². The lowest BCUT2D eigenvalue weighted by atomic mass is 9.79. The van der Waals surface area contributed by atoms with Crippen LogP contribution in [0.1, 0.15) is 33.6 Å². The summed E-state index contributed by atoms with van der Waals surface area (Å²) in [7, 11) is 1.63. The monoisotopic (exact) mass is 351 g/mol. The number of methoxy groups -OCH3 is 1. The van der Waals surface area contributed by atoms with Crippen LogP contribution in [0.5, 0.6) is 5.75 Å². The summed E-state index contributed by atoms with van der Waals surface area (Å²) in [5, 5.41) is 13.8. The molecule has 0 spiro atoms. The Labute approximate surface area is 144 Å². The molecule has 3 rings (SSSR count). The van der Waals surface area contributed by atoms with Gasteiger partial charge in [-0.25, -0.2) is 0 Å². The van der Waals surface area contributed by atoms with E-state index >= 15 is 0 Å². The van der Waals surface area contributed by atoms with E-state index in [1.54, 1.807) is 19.2 Å². The summed E-state index contributed by atoms with van der Waals surface area (Å²) >= 11 is 7.08. The number of hydrogen-bond acceptors (Lipinski definition) is 4. The van der Waals surface area contributed by atoms with Gasteiger partial charge in [0.15, 0.2) is 0 Å². The summed E-state index contributed by atoms with van der Waals surface area (Å²) in [6.45, 7) is 0.181. The second-order valence-electron chi connectivity index (χ2n) is 5.69. The number of halogens is 1. The quantitative estimate of drug-likeness (QED) is 0.888. The molecule has 1 aliphatic carbocycles. The second kappa shape index (κ2) is 6.51. The number of thiophene rings is 1. The van der Waals surface area contributed by atoms with Crippen molar-refractivity contribution in [2.24, 2.45) is 0 Å². The molecule has 1 aromatic carbocycles. The maximum Gasteiger partial charge on any atom is 0.261 e. The third kappa shape index (κ3) is 3.37. The predicted molar refractivity (Wildman–Crippen MR) is 91.5 cm³/mol. The summed E-state index contributed by atoms with van der Waals surface area (Å²) < 4.78 is 5.82. The molecular formula is C17H18ClNO3S. The highest BCUT2D eigenvalue weighted by Gasteiger charge is 2.35. The van der Waals surface area contributed by atoms with Crippen molar-refractivity contribution >= 4 is 28.8 Å². The molecule has 1 aromatic heterocycles. The second-order valence-corrected chi connectivity index (χ2v) is 7.41. The highest BCUT2D eigenvalue weighted by atomic mass is 35.5. The molecule has 1 atom stereocenters. The van der Waals surface area contributed by atoms with E-state index in [4.69, 9.17) is 16.3 Å². The normalized spacial score (nSPS) is 20.0. The van der Waals surface area contributed by atoms with Gasteiger partial charge in [0, 0.05) is 0 Å². The van der Waals surface area contributed by atoms with E-state index in [9.17, 15) is 9.90 Å². The number of amides is 1. The van der Waals surface area contributed by atoms with E-state index in [1.807, 2.05) is 18.2 Å². The fraction of sp³-hybridized carbons (Fsp3) is 0.353. The van der Waals surface area contributed by atoms with Gasteiger partial charge in [-0.3, -0.25) is 4.79 Å². The molecule has 122 valence electrons. The molecule has 0 saturated carbocycles. The van der Waals surface area contributed by atoms with Gasteiger partial charge >= 0.3 is 0 Å². The Morgan fingerprint density at radius 1 is 1.43 bits per heavy atom. The average molecular weight is 352 g/mol. The third-order valence-corrected chi connectivity index (χ3v) is 5.42. The number of fused-ring (bicyclic) bond motifs is 1. The van der Waals surface area contributed by atoms with Crippen molar-refractivity contribution in [2.45, 2.75) is 24.9 Å². The lowest BCUT2D eigenvalue weighted by Crippen LogP contribution is -2.42.